The molecule has 1 aromatic heterocycles. The topological polar surface area (TPSA) is 66.1 Å². The third-order valence-corrected chi connectivity index (χ3v) is 7.07. The number of aromatic amines is 1. The Kier molecular flexibility index (Phi) is 5.95. The van der Waals surface area contributed by atoms with E-state index >= 15 is 0 Å². The van der Waals surface area contributed by atoms with Crippen molar-refractivity contribution in [1.29, 1.82) is 0 Å². The van der Waals surface area contributed by atoms with Crippen LogP contribution < -0.4 is 5.56 Å². The third kappa shape index (κ3) is 4.72. The number of nitrogens with zero attached hydrogens (tertiary/aromatic N) is 2. The van der Waals surface area contributed by atoms with Gasteiger partial charge in [-0.3, -0.25) is 9.59 Å². The van der Waals surface area contributed by atoms with Gasteiger partial charge in [-0.1, -0.05) is 41.9 Å². The number of H-pyrrole nitrogens is 1. The Morgan fingerprint density at radius 2 is 1.91 bits per heavy atom. The number of amides is 1. The highest BCUT2D eigenvalue weighted by Gasteiger charge is 2.48. The lowest BCUT2D eigenvalue weighted by molar-refractivity contribution is -0.138. The summed E-state index contributed by atoms with van der Waals surface area (Å²) in [6, 6.07) is 12.3. The van der Waals surface area contributed by atoms with Crippen LogP contribution in [0.15, 0.2) is 53.3 Å². The summed E-state index contributed by atoms with van der Waals surface area (Å²) in [5, 5.41) is 0.626. The van der Waals surface area contributed by atoms with Gasteiger partial charge in [0.05, 0.1) is 35.2 Å². The fourth-order valence-electron chi connectivity index (χ4n) is 4.78. The second kappa shape index (κ2) is 8.82. The number of nitrogens with one attached hydrogen (secondary N) is 1. The van der Waals surface area contributed by atoms with E-state index in [1.807, 2.05) is 18.2 Å². The summed E-state index contributed by atoms with van der Waals surface area (Å²) in [6.45, 7) is 0.488. The molecule has 182 valence electrons. The van der Waals surface area contributed by atoms with Crippen LogP contribution in [-0.4, -0.2) is 27.3 Å². The van der Waals surface area contributed by atoms with E-state index in [4.69, 9.17) is 16.6 Å². The first-order chi connectivity index (χ1) is 16.7. The number of hydrogen-bond acceptors (Lipinski definition) is 3. The molecule has 1 aliphatic carbocycles. The molecule has 0 unspecified atom stereocenters. The van der Waals surface area contributed by atoms with Gasteiger partial charge in [-0.15, -0.1) is 0 Å². The molecule has 9 heteroatoms. The van der Waals surface area contributed by atoms with Crippen LogP contribution in [0.1, 0.15) is 53.0 Å². The van der Waals surface area contributed by atoms with Gasteiger partial charge in [0.2, 0.25) is 5.91 Å². The van der Waals surface area contributed by atoms with Gasteiger partial charge in [0.25, 0.3) is 5.56 Å². The zero-order valence-corrected chi connectivity index (χ0v) is 19.5. The molecule has 3 aromatic rings. The summed E-state index contributed by atoms with van der Waals surface area (Å²) in [6.07, 6.45) is -1.76. The number of aromatic nitrogens is 2. The molecule has 2 aromatic carbocycles. The maximum absolute atomic E-state index is 13.1. The number of carbonyl (C=O) groups is 1. The van der Waals surface area contributed by atoms with Gasteiger partial charge in [0.1, 0.15) is 5.82 Å². The van der Waals surface area contributed by atoms with E-state index in [-0.39, 0.29) is 35.4 Å². The number of rotatable bonds is 4. The summed E-state index contributed by atoms with van der Waals surface area (Å²) >= 11 is 6.18. The predicted molar refractivity (Wildman–Crippen MR) is 125 cm³/mol. The minimum atomic E-state index is -4.47. The first-order valence-electron chi connectivity index (χ1n) is 11.5. The van der Waals surface area contributed by atoms with Crippen molar-refractivity contribution in [3.05, 3.63) is 97.7 Å². The van der Waals surface area contributed by atoms with Crippen molar-refractivity contribution < 1.29 is 18.0 Å². The summed E-state index contributed by atoms with van der Waals surface area (Å²) in [5.74, 6) is 0.297. The second-order valence-corrected chi connectivity index (χ2v) is 9.66. The van der Waals surface area contributed by atoms with Crippen LogP contribution in [0.5, 0.6) is 0 Å². The standard InChI is InChI=1S/C26H23ClF3N3O2/c27-19-7-2-5-17(14-19)25(9-10-25)24-31-21-8-3-11-33(15-20(21)23(35)32-24)22(34)13-16-4-1-6-18(12-16)26(28,29)30/h1-2,4-7,12,14H,3,8-11,13,15H2,(H,31,32,35). The number of hydrogen-bond donors (Lipinski definition) is 1. The van der Waals surface area contributed by atoms with Gasteiger partial charge in [-0.2, -0.15) is 13.2 Å². The van der Waals surface area contributed by atoms with Crippen LogP contribution in [0.25, 0.3) is 0 Å². The highest BCUT2D eigenvalue weighted by Crippen LogP contribution is 2.52. The van der Waals surface area contributed by atoms with Crippen LogP contribution in [0.2, 0.25) is 5.02 Å². The Labute approximate surface area is 205 Å². The zero-order chi connectivity index (χ0) is 24.8. The number of carbonyl (C=O) groups excluding carboxylic acids is 1. The Hall–Kier alpha value is -3.13. The first kappa shape index (κ1) is 23.6. The maximum Gasteiger partial charge on any atom is 0.416 e. The number of alkyl halides is 3. The average Bonchev–Trinajstić information content (AvgIpc) is 3.63. The molecule has 1 fully saturated rings. The minimum absolute atomic E-state index is 0.0832. The van der Waals surface area contributed by atoms with E-state index in [0.717, 1.165) is 30.5 Å². The number of benzene rings is 2. The van der Waals surface area contributed by atoms with Crippen LogP contribution in [0.4, 0.5) is 13.2 Å². The summed E-state index contributed by atoms with van der Waals surface area (Å²) in [5.41, 5.74) is 0.984. The SMILES string of the molecule is O=C(Cc1cccc(C(F)(F)F)c1)N1CCCc2nc(C3(c4cccc(Cl)c4)CC3)[nH]c(=O)c2C1. The molecule has 2 heterocycles. The van der Waals surface area contributed by atoms with Gasteiger partial charge in [-0.05, 0) is 55.0 Å². The summed E-state index contributed by atoms with van der Waals surface area (Å²) in [4.78, 5) is 35.4. The maximum atomic E-state index is 13.1. The van der Waals surface area contributed by atoms with E-state index in [9.17, 15) is 22.8 Å². The smallest absolute Gasteiger partial charge is 0.338 e. The normalized spacial score (nSPS) is 17.0. The first-order valence-corrected chi connectivity index (χ1v) is 11.9. The lowest BCUT2D eigenvalue weighted by Crippen LogP contribution is -2.34. The zero-order valence-electron chi connectivity index (χ0n) is 18.8. The molecule has 0 saturated heterocycles. The monoisotopic (exact) mass is 501 g/mol. The van der Waals surface area contributed by atoms with Gasteiger partial charge in [0, 0.05) is 11.6 Å². The molecule has 1 amide bonds. The van der Waals surface area contributed by atoms with Crippen molar-refractivity contribution in [2.45, 2.75) is 50.2 Å². The van der Waals surface area contributed by atoms with Crippen LogP contribution in [0.3, 0.4) is 0 Å². The van der Waals surface area contributed by atoms with E-state index in [2.05, 4.69) is 4.98 Å². The molecule has 1 N–H and O–H groups in total. The van der Waals surface area contributed by atoms with Gasteiger partial charge < -0.3 is 9.88 Å². The quantitative estimate of drug-likeness (QED) is 0.544. The highest BCUT2D eigenvalue weighted by atomic mass is 35.5. The van der Waals surface area contributed by atoms with Crippen LogP contribution >= 0.6 is 11.6 Å². The number of halogens is 4. The molecule has 2 aliphatic rings. The Balaban J connectivity index is 1.38. The number of aryl methyl sites for hydroxylation is 1. The molecular weight excluding hydrogens is 479 g/mol. The Morgan fingerprint density at radius 3 is 2.63 bits per heavy atom. The molecule has 5 nitrogen and oxygen atoms in total. The molecule has 0 bridgehead atoms. The summed E-state index contributed by atoms with van der Waals surface area (Å²) < 4.78 is 39.1. The Morgan fingerprint density at radius 1 is 1.14 bits per heavy atom. The van der Waals surface area contributed by atoms with E-state index in [1.54, 1.807) is 6.07 Å². The lowest BCUT2D eigenvalue weighted by Gasteiger charge is -2.21. The van der Waals surface area contributed by atoms with Crippen molar-refractivity contribution in [2.24, 2.45) is 0 Å². The highest BCUT2D eigenvalue weighted by molar-refractivity contribution is 6.30. The molecule has 1 aliphatic heterocycles. The second-order valence-electron chi connectivity index (χ2n) is 9.23. The fourth-order valence-corrected chi connectivity index (χ4v) is 4.97. The van der Waals surface area contributed by atoms with E-state index in [0.29, 0.717) is 41.5 Å². The molecule has 1 saturated carbocycles. The van der Waals surface area contributed by atoms with Crippen molar-refractivity contribution in [3.63, 3.8) is 0 Å². The minimum Gasteiger partial charge on any atom is -0.338 e. The van der Waals surface area contributed by atoms with E-state index in [1.165, 1.54) is 17.0 Å². The molecule has 0 radical (unpaired) electrons. The van der Waals surface area contributed by atoms with Gasteiger partial charge in [-0.25, -0.2) is 4.98 Å². The van der Waals surface area contributed by atoms with Crippen LogP contribution in [0, 0.1) is 0 Å². The lowest BCUT2D eigenvalue weighted by atomic mass is 9.94. The largest absolute Gasteiger partial charge is 0.416 e. The fraction of sp³-hybridized carbons (Fsp3) is 0.346. The van der Waals surface area contributed by atoms with Crippen molar-refractivity contribution in [1.82, 2.24) is 14.9 Å². The molecule has 35 heavy (non-hydrogen) atoms. The molecule has 0 atom stereocenters. The number of fused-ring (bicyclic) bond motifs is 1. The predicted octanol–water partition coefficient (Wildman–Crippen LogP) is 5.04. The molecule has 5 rings (SSSR count). The van der Waals surface area contributed by atoms with Crippen molar-refractivity contribution in [2.75, 3.05) is 6.54 Å². The Bertz CT molecular complexity index is 1350. The summed E-state index contributed by atoms with van der Waals surface area (Å²) in [7, 11) is 0. The molecular formula is C26H23ClF3N3O2. The van der Waals surface area contributed by atoms with E-state index < -0.39 is 11.7 Å². The molecule has 0 spiro atoms. The van der Waals surface area contributed by atoms with Gasteiger partial charge >= 0.3 is 6.18 Å². The van der Waals surface area contributed by atoms with Crippen molar-refractivity contribution in [3.8, 4) is 0 Å². The average molecular weight is 502 g/mol. The van der Waals surface area contributed by atoms with Gasteiger partial charge in [0.15, 0.2) is 0 Å². The van der Waals surface area contributed by atoms with Crippen LogP contribution in [-0.2, 0) is 35.8 Å². The van der Waals surface area contributed by atoms with Crippen molar-refractivity contribution >= 4 is 17.5 Å². The third-order valence-electron chi connectivity index (χ3n) is 6.83.